The van der Waals surface area contributed by atoms with Crippen LogP contribution >= 0.6 is 0 Å². The second-order valence-electron chi connectivity index (χ2n) is 4.27. The second-order valence-corrected chi connectivity index (χ2v) is 4.27. The lowest BCUT2D eigenvalue weighted by Gasteiger charge is -2.08. The monoisotopic (exact) mass is 209 g/mol. The van der Waals surface area contributed by atoms with Crippen LogP contribution in [0.2, 0.25) is 0 Å². The molecular formula is C11H19N3O. The van der Waals surface area contributed by atoms with E-state index in [0.29, 0.717) is 0 Å². The number of nitrogens with one attached hydrogen (secondary N) is 1. The number of nitrogens with zero attached hydrogens (tertiary/aromatic N) is 2. The van der Waals surface area contributed by atoms with E-state index in [4.69, 9.17) is 4.74 Å². The Hall–Kier alpha value is -0.870. The fraction of sp³-hybridized carbons (Fsp3) is 0.727. The fourth-order valence-electron chi connectivity index (χ4n) is 1.49. The van der Waals surface area contributed by atoms with Gasteiger partial charge in [-0.3, -0.25) is 4.68 Å². The van der Waals surface area contributed by atoms with Gasteiger partial charge in [-0.15, -0.1) is 0 Å². The minimum atomic E-state index is 0.217. The quantitative estimate of drug-likeness (QED) is 0.764. The van der Waals surface area contributed by atoms with E-state index in [1.54, 1.807) is 7.11 Å². The highest BCUT2D eigenvalue weighted by Gasteiger charge is 2.20. The van der Waals surface area contributed by atoms with Gasteiger partial charge in [0, 0.05) is 31.5 Å². The van der Waals surface area contributed by atoms with Gasteiger partial charge in [-0.05, 0) is 19.8 Å². The highest BCUT2D eigenvalue weighted by Crippen LogP contribution is 2.19. The molecule has 1 aromatic rings. The third kappa shape index (κ3) is 3.32. The van der Waals surface area contributed by atoms with Crippen LogP contribution < -0.4 is 5.32 Å². The Morgan fingerprint density at radius 2 is 2.47 bits per heavy atom. The molecule has 2 rings (SSSR count). The summed E-state index contributed by atoms with van der Waals surface area (Å²) in [4.78, 5) is 0. The molecule has 0 amide bonds. The molecule has 0 aliphatic heterocycles. The summed E-state index contributed by atoms with van der Waals surface area (Å²) >= 11 is 0. The van der Waals surface area contributed by atoms with Gasteiger partial charge in [0.25, 0.3) is 0 Å². The lowest BCUT2D eigenvalue weighted by atomic mass is 10.3. The largest absolute Gasteiger partial charge is 0.380 e. The van der Waals surface area contributed by atoms with Gasteiger partial charge < -0.3 is 10.1 Å². The van der Waals surface area contributed by atoms with Gasteiger partial charge >= 0.3 is 0 Å². The summed E-state index contributed by atoms with van der Waals surface area (Å²) in [6, 6.07) is 0.756. The summed E-state index contributed by atoms with van der Waals surface area (Å²) in [5, 5.41) is 7.77. The van der Waals surface area contributed by atoms with Crippen molar-refractivity contribution in [2.24, 2.45) is 0 Å². The van der Waals surface area contributed by atoms with Crippen LogP contribution in [0.5, 0.6) is 0 Å². The van der Waals surface area contributed by atoms with E-state index >= 15 is 0 Å². The molecule has 15 heavy (non-hydrogen) atoms. The number of ether oxygens (including phenoxy) is 1. The zero-order valence-corrected chi connectivity index (χ0v) is 9.44. The van der Waals surface area contributed by atoms with Crippen LogP contribution in [0, 0.1) is 0 Å². The van der Waals surface area contributed by atoms with E-state index in [1.165, 1.54) is 18.4 Å². The van der Waals surface area contributed by atoms with Gasteiger partial charge in [0.1, 0.15) is 0 Å². The summed E-state index contributed by atoms with van der Waals surface area (Å²) in [6.45, 7) is 3.80. The number of rotatable bonds is 6. The molecule has 1 heterocycles. The van der Waals surface area contributed by atoms with Crippen LogP contribution in [0.3, 0.4) is 0 Å². The average Bonchev–Trinajstić information content (AvgIpc) is 2.97. The Morgan fingerprint density at radius 3 is 3.13 bits per heavy atom. The Balaban J connectivity index is 1.79. The number of aromatic nitrogens is 2. The van der Waals surface area contributed by atoms with Crippen molar-refractivity contribution < 1.29 is 4.74 Å². The predicted molar refractivity (Wildman–Crippen MR) is 58.6 cm³/mol. The highest BCUT2D eigenvalue weighted by molar-refractivity contribution is 5.04. The summed E-state index contributed by atoms with van der Waals surface area (Å²) < 4.78 is 7.14. The van der Waals surface area contributed by atoms with E-state index in [-0.39, 0.29) is 6.10 Å². The van der Waals surface area contributed by atoms with Crippen LogP contribution in [0.25, 0.3) is 0 Å². The molecule has 1 N–H and O–H groups in total. The Morgan fingerprint density at radius 1 is 1.67 bits per heavy atom. The Labute approximate surface area is 90.6 Å². The zero-order valence-electron chi connectivity index (χ0n) is 9.44. The van der Waals surface area contributed by atoms with Gasteiger partial charge in [0.15, 0.2) is 0 Å². The van der Waals surface area contributed by atoms with Crippen molar-refractivity contribution in [3.05, 3.63) is 18.0 Å². The molecule has 0 saturated heterocycles. The lowest BCUT2D eigenvalue weighted by molar-refractivity contribution is 0.0998. The molecule has 4 nitrogen and oxygen atoms in total. The minimum Gasteiger partial charge on any atom is -0.380 e. The first-order chi connectivity index (χ1) is 7.28. The molecule has 1 atom stereocenters. The van der Waals surface area contributed by atoms with Crippen LogP contribution in [0.15, 0.2) is 12.4 Å². The maximum absolute atomic E-state index is 5.20. The van der Waals surface area contributed by atoms with Crippen LogP contribution in [-0.4, -0.2) is 29.0 Å². The van der Waals surface area contributed by atoms with Crippen LogP contribution in [0.1, 0.15) is 25.3 Å². The molecule has 1 aromatic heterocycles. The maximum atomic E-state index is 5.20. The molecule has 1 fully saturated rings. The maximum Gasteiger partial charge on any atom is 0.0739 e. The van der Waals surface area contributed by atoms with E-state index < -0.39 is 0 Å². The van der Waals surface area contributed by atoms with E-state index in [1.807, 2.05) is 17.8 Å². The number of hydrogen-bond donors (Lipinski definition) is 1. The molecule has 4 heteroatoms. The van der Waals surface area contributed by atoms with E-state index in [9.17, 15) is 0 Å². The van der Waals surface area contributed by atoms with Gasteiger partial charge in [0.05, 0.1) is 18.8 Å². The topological polar surface area (TPSA) is 39.1 Å². The van der Waals surface area contributed by atoms with Crippen molar-refractivity contribution in [2.45, 2.75) is 45.0 Å². The standard InChI is InChI=1S/C11H19N3O/c1-9(15-2)7-14-8-10(6-13-14)5-12-11-3-4-11/h6,8-9,11-12H,3-5,7H2,1-2H3. The summed E-state index contributed by atoms with van der Waals surface area (Å²) in [7, 11) is 1.73. The van der Waals surface area contributed by atoms with Crippen molar-refractivity contribution in [1.82, 2.24) is 15.1 Å². The Bertz CT molecular complexity index is 307. The first-order valence-corrected chi connectivity index (χ1v) is 5.55. The normalized spacial score (nSPS) is 18.0. The molecule has 1 unspecified atom stereocenters. The van der Waals surface area contributed by atoms with Crippen molar-refractivity contribution >= 4 is 0 Å². The molecule has 0 aromatic carbocycles. The second kappa shape index (κ2) is 4.77. The SMILES string of the molecule is COC(C)Cn1cc(CNC2CC2)cn1. The minimum absolute atomic E-state index is 0.217. The fourth-order valence-corrected chi connectivity index (χ4v) is 1.49. The highest BCUT2D eigenvalue weighted by atomic mass is 16.5. The van der Waals surface area contributed by atoms with Crippen molar-refractivity contribution in [3.63, 3.8) is 0 Å². The molecule has 84 valence electrons. The van der Waals surface area contributed by atoms with Gasteiger partial charge in [0.2, 0.25) is 0 Å². The summed E-state index contributed by atoms with van der Waals surface area (Å²) in [5.41, 5.74) is 1.25. The van der Waals surface area contributed by atoms with Gasteiger partial charge in [-0.1, -0.05) is 0 Å². The predicted octanol–water partition coefficient (Wildman–Crippen LogP) is 1.17. The number of hydrogen-bond acceptors (Lipinski definition) is 3. The third-order valence-electron chi connectivity index (χ3n) is 2.71. The molecule has 1 aliphatic carbocycles. The average molecular weight is 209 g/mol. The molecule has 1 aliphatic rings. The first-order valence-electron chi connectivity index (χ1n) is 5.55. The molecule has 1 saturated carbocycles. The van der Waals surface area contributed by atoms with Gasteiger partial charge in [-0.25, -0.2) is 0 Å². The molecule has 0 spiro atoms. The summed E-state index contributed by atoms with van der Waals surface area (Å²) in [5.74, 6) is 0. The Kier molecular flexibility index (Phi) is 3.38. The van der Waals surface area contributed by atoms with E-state index in [2.05, 4.69) is 16.6 Å². The molecular weight excluding hydrogens is 190 g/mol. The van der Waals surface area contributed by atoms with Crippen LogP contribution in [-0.2, 0) is 17.8 Å². The molecule has 0 radical (unpaired) electrons. The van der Waals surface area contributed by atoms with Crippen LogP contribution in [0.4, 0.5) is 0 Å². The molecule has 0 bridgehead atoms. The van der Waals surface area contributed by atoms with Gasteiger partial charge in [-0.2, -0.15) is 5.10 Å². The first kappa shape index (κ1) is 10.6. The van der Waals surface area contributed by atoms with E-state index in [0.717, 1.165) is 19.1 Å². The lowest BCUT2D eigenvalue weighted by Crippen LogP contribution is -2.16. The number of methoxy groups -OCH3 is 1. The van der Waals surface area contributed by atoms with Crippen molar-refractivity contribution in [2.75, 3.05) is 7.11 Å². The smallest absolute Gasteiger partial charge is 0.0739 e. The zero-order chi connectivity index (χ0) is 10.7. The third-order valence-corrected chi connectivity index (χ3v) is 2.71. The summed E-state index contributed by atoms with van der Waals surface area (Å²) in [6.07, 6.45) is 6.89. The van der Waals surface area contributed by atoms with Crippen molar-refractivity contribution in [3.8, 4) is 0 Å². The van der Waals surface area contributed by atoms with Crippen molar-refractivity contribution in [1.29, 1.82) is 0 Å².